The number of sulfone groups is 1. The number of pyridine rings is 1. The van der Waals surface area contributed by atoms with Crippen molar-refractivity contribution in [3.8, 4) is 0 Å². The lowest BCUT2D eigenvalue weighted by Gasteiger charge is -2.19. The fourth-order valence-corrected chi connectivity index (χ4v) is 4.78. The molecule has 0 bridgehead atoms. The maximum Gasteiger partial charge on any atom is 0.175 e. The van der Waals surface area contributed by atoms with Crippen molar-refractivity contribution in [1.29, 1.82) is 0 Å². The van der Waals surface area contributed by atoms with Gasteiger partial charge in [0, 0.05) is 30.1 Å². The van der Waals surface area contributed by atoms with Gasteiger partial charge in [-0.15, -0.1) is 0 Å². The van der Waals surface area contributed by atoms with Crippen molar-refractivity contribution in [3.63, 3.8) is 0 Å². The molecular formula is C21H25N3O2S. The number of rotatable bonds is 5. The molecule has 0 radical (unpaired) electrons. The predicted octanol–water partition coefficient (Wildman–Crippen LogP) is 3.72. The first-order valence-electron chi connectivity index (χ1n) is 9.40. The van der Waals surface area contributed by atoms with Gasteiger partial charge in [-0.25, -0.2) is 12.9 Å². The van der Waals surface area contributed by atoms with E-state index in [1.54, 1.807) is 12.1 Å². The van der Waals surface area contributed by atoms with Gasteiger partial charge in [0.25, 0.3) is 0 Å². The average molecular weight is 384 g/mol. The second kappa shape index (κ2) is 7.09. The van der Waals surface area contributed by atoms with Crippen molar-refractivity contribution in [3.05, 3.63) is 66.0 Å². The summed E-state index contributed by atoms with van der Waals surface area (Å²) < 4.78 is 25.2. The number of nitrogens with zero attached hydrogens (tertiary/aromatic N) is 2. The lowest BCUT2D eigenvalue weighted by molar-refractivity contribution is 0.459. The quantitative estimate of drug-likeness (QED) is 0.729. The van der Waals surface area contributed by atoms with E-state index in [9.17, 15) is 8.42 Å². The van der Waals surface area contributed by atoms with Crippen LogP contribution in [0.25, 0.3) is 5.52 Å². The molecule has 0 spiro atoms. The number of nitrogens with one attached hydrogen (secondary N) is 1. The van der Waals surface area contributed by atoms with Crippen LogP contribution in [0.3, 0.4) is 0 Å². The maximum atomic E-state index is 11.6. The summed E-state index contributed by atoms with van der Waals surface area (Å²) in [6, 6.07) is 14.2. The first-order chi connectivity index (χ1) is 12.9. The molecule has 1 aliphatic carbocycles. The zero-order valence-corrected chi connectivity index (χ0v) is 16.5. The molecule has 0 amide bonds. The lowest BCUT2D eigenvalue weighted by atomic mass is 9.97. The van der Waals surface area contributed by atoms with Gasteiger partial charge in [0.05, 0.1) is 16.6 Å². The zero-order chi connectivity index (χ0) is 19.0. The summed E-state index contributed by atoms with van der Waals surface area (Å²) in [5.74, 6) is 0.479. The Hall–Kier alpha value is -2.18. The summed E-state index contributed by atoms with van der Waals surface area (Å²) in [5.41, 5.74) is 3.59. The molecule has 6 heteroatoms. The van der Waals surface area contributed by atoms with Gasteiger partial charge in [-0.1, -0.05) is 18.2 Å². The van der Waals surface area contributed by atoms with Gasteiger partial charge < -0.3 is 5.32 Å². The number of benzene rings is 1. The topological polar surface area (TPSA) is 63.5 Å². The minimum atomic E-state index is -3.13. The molecule has 2 aromatic heterocycles. The van der Waals surface area contributed by atoms with E-state index in [0.29, 0.717) is 16.9 Å². The summed E-state index contributed by atoms with van der Waals surface area (Å²) in [7, 11) is -3.13. The highest BCUT2D eigenvalue weighted by Gasteiger charge is 2.27. The Morgan fingerprint density at radius 3 is 2.67 bits per heavy atom. The maximum absolute atomic E-state index is 11.6. The van der Waals surface area contributed by atoms with Gasteiger partial charge >= 0.3 is 0 Å². The monoisotopic (exact) mass is 383 g/mol. The van der Waals surface area contributed by atoms with E-state index in [2.05, 4.69) is 23.4 Å². The van der Waals surface area contributed by atoms with Crippen LogP contribution in [0.1, 0.15) is 49.3 Å². The fraction of sp³-hybridized carbons (Fsp3) is 0.381. The van der Waals surface area contributed by atoms with E-state index in [4.69, 9.17) is 0 Å². The fourth-order valence-electron chi connectivity index (χ4n) is 4.15. The first-order valence-corrected chi connectivity index (χ1v) is 11.3. The van der Waals surface area contributed by atoms with Gasteiger partial charge in [0.15, 0.2) is 9.84 Å². The van der Waals surface area contributed by atoms with Gasteiger partial charge in [0.1, 0.15) is 0 Å². The van der Waals surface area contributed by atoms with E-state index in [1.165, 1.54) is 17.4 Å². The number of aromatic nitrogens is 2. The molecule has 1 fully saturated rings. The molecule has 3 atom stereocenters. The minimum Gasteiger partial charge on any atom is -0.307 e. The Bertz CT molecular complexity index is 1040. The highest BCUT2D eigenvalue weighted by Crippen LogP contribution is 2.36. The third-order valence-electron chi connectivity index (χ3n) is 5.62. The lowest BCUT2D eigenvalue weighted by Crippen LogP contribution is -2.29. The molecule has 142 valence electrons. The third-order valence-corrected chi connectivity index (χ3v) is 6.75. The molecule has 1 aliphatic rings. The van der Waals surface area contributed by atoms with Crippen molar-refractivity contribution in [2.24, 2.45) is 0 Å². The van der Waals surface area contributed by atoms with Crippen LogP contribution in [-0.2, 0) is 9.84 Å². The minimum absolute atomic E-state index is 0.237. The van der Waals surface area contributed by atoms with Crippen molar-refractivity contribution in [2.75, 3.05) is 6.26 Å². The molecule has 3 aromatic rings. The summed E-state index contributed by atoms with van der Waals surface area (Å²) in [4.78, 5) is 0.389. The average Bonchev–Trinajstić information content (AvgIpc) is 3.28. The van der Waals surface area contributed by atoms with E-state index < -0.39 is 9.84 Å². The van der Waals surface area contributed by atoms with Crippen LogP contribution in [0.4, 0.5) is 0 Å². The summed E-state index contributed by atoms with van der Waals surface area (Å²) in [6.07, 6.45) is 8.49. The van der Waals surface area contributed by atoms with E-state index >= 15 is 0 Å². The second-order valence-corrected chi connectivity index (χ2v) is 9.58. The molecule has 1 N–H and O–H groups in total. The summed E-state index contributed by atoms with van der Waals surface area (Å²) >= 11 is 0. The van der Waals surface area contributed by atoms with Crippen LogP contribution < -0.4 is 5.32 Å². The van der Waals surface area contributed by atoms with Crippen LogP contribution in [0.5, 0.6) is 0 Å². The molecule has 27 heavy (non-hydrogen) atoms. The molecule has 2 heterocycles. The van der Waals surface area contributed by atoms with Gasteiger partial charge in [-0.3, -0.25) is 0 Å². The van der Waals surface area contributed by atoms with Crippen LogP contribution in [-0.4, -0.2) is 30.3 Å². The standard InChI is InChI=1S/C21H25N3O2S/c1-15(20-14-22-24-12-4-3-5-21(20)24)23-18-9-6-17(13-18)16-7-10-19(11-8-16)27(2,25)26/h3-5,7-8,10-12,14-15,17-18,23H,6,9,13H2,1-2H3/t15-,17+,18?/m1/s1. The molecule has 1 unspecified atom stereocenters. The van der Waals surface area contributed by atoms with Gasteiger partial charge in [-0.2, -0.15) is 5.10 Å². The molecule has 5 nitrogen and oxygen atoms in total. The molecule has 0 aliphatic heterocycles. The van der Waals surface area contributed by atoms with E-state index in [0.717, 1.165) is 24.8 Å². The van der Waals surface area contributed by atoms with Crippen LogP contribution in [0.2, 0.25) is 0 Å². The van der Waals surface area contributed by atoms with Gasteiger partial charge in [0.2, 0.25) is 0 Å². The Balaban J connectivity index is 1.42. The summed E-state index contributed by atoms with van der Waals surface area (Å²) in [5, 5.41) is 8.19. The van der Waals surface area contributed by atoms with E-state index in [-0.39, 0.29) is 6.04 Å². The molecule has 4 rings (SSSR count). The van der Waals surface area contributed by atoms with E-state index in [1.807, 2.05) is 41.2 Å². The largest absolute Gasteiger partial charge is 0.307 e. The molecular weight excluding hydrogens is 358 g/mol. The Labute approximate surface area is 160 Å². The molecule has 0 saturated heterocycles. The zero-order valence-electron chi connectivity index (χ0n) is 15.7. The van der Waals surface area contributed by atoms with Crippen molar-refractivity contribution < 1.29 is 8.42 Å². The predicted molar refractivity (Wildman–Crippen MR) is 107 cm³/mol. The van der Waals surface area contributed by atoms with Crippen LogP contribution in [0, 0.1) is 0 Å². The molecule has 1 saturated carbocycles. The van der Waals surface area contributed by atoms with Crippen molar-refractivity contribution in [2.45, 2.75) is 49.1 Å². The first kappa shape index (κ1) is 18.2. The Morgan fingerprint density at radius 2 is 1.93 bits per heavy atom. The number of hydrogen-bond acceptors (Lipinski definition) is 4. The van der Waals surface area contributed by atoms with Crippen molar-refractivity contribution in [1.82, 2.24) is 14.9 Å². The van der Waals surface area contributed by atoms with Crippen LogP contribution >= 0.6 is 0 Å². The van der Waals surface area contributed by atoms with Crippen LogP contribution in [0.15, 0.2) is 59.8 Å². The highest BCUT2D eigenvalue weighted by atomic mass is 32.2. The Morgan fingerprint density at radius 1 is 1.15 bits per heavy atom. The number of fused-ring (bicyclic) bond motifs is 1. The normalized spacial score (nSPS) is 21.6. The second-order valence-electron chi connectivity index (χ2n) is 7.57. The summed E-state index contributed by atoms with van der Waals surface area (Å²) in [6.45, 7) is 2.19. The van der Waals surface area contributed by atoms with Gasteiger partial charge in [-0.05, 0) is 61.9 Å². The van der Waals surface area contributed by atoms with Crippen molar-refractivity contribution >= 4 is 15.4 Å². The highest BCUT2D eigenvalue weighted by molar-refractivity contribution is 7.90. The Kier molecular flexibility index (Phi) is 4.78. The number of hydrogen-bond donors (Lipinski definition) is 1. The SMILES string of the molecule is C[C@@H](NC1CC[C@H](c2ccc(S(C)(=O)=O)cc2)C1)c1cnn2ccccc12. The third kappa shape index (κ3) is 3.77. The molecule has 1 aromatic carbocycles. The smallest absolute Gasteiger partial charge is 0.175 e.